The molecule has 0 spiro atoms. The summed E-state index contributed by atoms with van der Waals surface area (Å²) in [5.74, 6) is 0.251. The summed E-state index contributed by atoms with van der Waals surface area (Å²) in [4.78, 5) is 12.6. The van der Waals surface area contributed by atoms with Gasteiger partial charge in [-0.15, -0.1) is 0 Å². The van der Waals surface area contributed by atoms with E-state index in [1.165, 1.54) is 6.33 Å². The molecule has 2 aromatic carbocycles. The van der Waals surface area contributed by atoms with Crippen LogP contribution < -0.4 is 5.73 Å². The van der Waals surface area contributed by atoms with Gasteiger partial charge in [0.25, 0.3) is 0 Å². The van der Waals surface area contributed by atoms with Gasteiger partial charge in [0.1, 0.15) is 30.2 Å². The fourth-order valence-electron chi connectivity index (χ4n) is 4.39. The highest BCUT2D eigenvalue weighted by molar-refractivity contribution is 7.48. The van der Waals surface area contributed by atoms with Crippen LogP contribution in [0.2, 0.25) is 0 Å². The summed E-state index contributed by atoms with van der Waals surface area (Å²) >= 11 is 0. The minimum atomic E-state index is -4.03. The molecule has 0 radical (unpaired) electrons. The Balaban J connectivity index is 1.33. The Hall–Kier alpha value is -3.22. The molecule has 12 nitrogen and oxygen atoms in total. The van der Waals surface area contributed by atoms with E-state index in [1.54, 1.807) is 25.1 Å². The Morgan fingerprint density at radius 2 is 1.49 bits per heavy atom. The Labute approximate surface area is 225 Å². The first-order valence-corrected chi connectivity index (χ1v) is 13.7. The van der Waals surface area contributed by atoms with E-state index in [0.29, 0.717) is 11.2 Å². The molecule has 4 atom stereocenters. The second-order valence-corrected chi connectivity index (χ2v) is 10.5. The number of anilines is 1. The number of nitrogens with zero attached hydrogens (tertiary/aromatic N) is 4. The normalized spacial score (nSPS) is 21.5. The predicted molar refractivity (Wildman–Crippen MR) is 141 cm³/mol. The van der Waals surface area contributed by atoms with Gasteiger partial charge in [0.05, 0.1) is 26.1 Å². The molecule has 2 N–H and O–H groups in total. The Bertz CT molecular complexity index is 1360. The van der Waals surface area contributed by atoms with Gasteiger partial charge in [0.15, 0.2) is 17.7 Å². The van der Waals surface area contributed by atoms with Gasteiger partial charge in [-0.25, -0.2) is 19.5 Å². The lowest BCUT2D eigenvalue weighted by Gasteiger charge is -2.23. The lowest BCUT2D eigenvalue weighted by atomic mass is 10.1. The maximum atomic E-state index is 13.7. The molecule has 0 amide bonds. The number of benzene rings is 2. The molecule has 1 aliphatic rings. The van der Waals surface area contributed by atoms with E-state index in [0.717, 1.165) is 11.1 Å². The summed E-state index contributed by atoms with van der Waals surface area (Å²) in [6, 6.07) is 18.7. The average Bonchev–Trinajstić information content (AvgIpc) is 3.57. The molecule has 3 heterocycles. The molecule has 0 aliphatic carbocycles. The van der Waals surface area contributed by atoms with E-state index < -0.39 is 32.4 Å². The SMILES string of the molecule is COC1C(COP(=O)(OCc2ccccc2)OCc2ccccc2)OC(n2cnc3c(N)ncnc32)C1OC. The fourth-order valence-corrected chi connectivity index (χ4v) is 5.56. The maximum Gasteiger partial charge on any atom is 0.475 e. The monoisotopic (exact) mass is 555 g/mol. The molecule has 4 unspecified atom stereocenters. The molecule has 13 heteroatoms. The van der Waals surface area contributed by atoms with E-state index in [-0.39, 0.29) is 25.6 Å². The molecule has 1 fully saturated rings. The third-order valence-electron chi connectivity index (χ3n) is 6.35. The van der Waals surface area contributed by atoms with Crippen molar-refractivity contribution < 1.29 is 32.3 Å². The standard InChI is InChI=1S/C26H30N5O7P/c1-33-22-20(38-26(23(22)34-2)31-17-30-21-24(27)28-16-29-25(21)31)15-37-39(32,35-13-18-9-5-3-6-10-18)36-14-19-11-7-4-8-12-19/h3-12,16-17,20,22-23,26H,13-15H2,1-2H3,(H2,27,28,29). The molecular formula is C26H30N5O7P. The number of aromatic nitrogens is 4. The van der Waals surface area contributed by atoms with Crippen molar-refractivity contribution in [2.45, 2.75) is 37.8 Å². The number of imidazole rings is 1. The molecule has 0 bridgehead atoms. The van der Waals surface area contributed by atoms with Crippen molar-refractivity contribution in [1.82, 2.24) is 19.5 Å². The zero-order valence-electron chi connectivity index (χ0n) is 21.5. The molecule has 1 aliphatic heterocycles. The third kappa shape index (κ3) is 6.18. The van der Waals surface area contributed by atoms with E-state index in [4.69, 9.17) is 33.5 Å². The average molecular weight is 556 g/mol. The van der Waals surface area contributed by atoms with Crippen LogP contribution in [0.5, 0.6) is 0 Å². The Morgan fingerprint density at radius 1 is 0.872 bits per heavy atom. The van der Waals surface area contributed by atoms with Crippen LogP contribution in [0.3, 0.4) is 0 Å². The van der Waals surface area contributed by atoms with Crippen molar-refractivity contribution in [3.63, 3.8) is 0 Å². The van der Waals surface area contributed by atoms with Gasteiger partial charge >= 0.3 is 7.82 Å². The zero-order valence-corrected chi connectivity index (χ0v) is 22.4. The van der Waals surface area contributed by atoms with Gasteiger partial charge in [-0.05, 0) is 11.1 Å². The number of rotatable bonds is 12. The minimum absolute atomic E-state index is 0.0393. The number of phosphoric acid groups is 1. The predicted octanol–water partition coefficient (Wildman–Crippen LogP) is 3.89. The highest BCUT2D eigenvalue weighted by atomic mass is 31.2. The van der Waals surface area contributed by atoms with Gasteiger partial charge < -0.3 is 19.9 Å². The smallest absolute Gasteiger partial charge is 0.382 e. The first kappa shape index (κ1) is 27.4. The van der Waals surface area contributed by atoms with Crippen LogP contribution >= 0.6 is 7.82 Å². The fraction of sp³-hybridized carbons (Fsp3) is 0.346. The number of ether oxygens (including phenoxy) is 3. The summed E-state index contributed by atoms with van der Waals surface area (Å²) in [6.45, 7) is -0.0747. The van der Waals surface area contributed by atoms with E-state index in [1.807, 2.05) is 60.7 Å². The van der Waals surface area contributed by atoms with Crippen LogP contribution in [0.25, 0.3) is 11.2 Å². The number of methoxy groups -OCH3 is 2. The summed E-state index contributed by atoms with van der Waals surface area (Å²) in [6.07, 6.45) is 0.406. The third-order valence-corrected chi connectivity index (χ3v) is 7.71. The first-order valence-electron chi connectivity index (χ1n) is 12.3. The highest BCUT2D eigenvalue weighted by Gasteiger charge is 2.48. The molecule has 0 saturated carbocycles. The van der Waals surface area contributed by atoms with Crippen molar-refractivity contribution in [2.24, 2.45) is 0 Å². The number of hydrogen-bond donors (Lipinski definition) is 1. The van der Waals surface area contributed by atoms with Crippen LogP contribution in [0.4, 0.5) is 5.82 Å². The summed E-state index contributed by atoms with van der Waals surface area (Å²) < 4.78 is 50.5. The van der Waals surface area contributed by atoms with Gasteiger partial charge in [0, 0.05) is 14.2 Å². The number of hydrogen-bond acceptors (Lipinski definition) is 11. The lowest BCUT2D eigenvalue weighted by Crippen LogP contribution is -2.37. The van der Waals surface area contributed by atoms with E-state index in [9.17, 15) is 4.57 Å². The van der Waals surface area contributed by atoms with Gasteiger partial charge in [-0.3, -0.25) is 18.1 Å². The molecule has 206 valence electrons. The Morgan fingerprint density at radius 3 is 2.08 bits per heavy atom. The lowest BCUT2D eigenvalue weighted by molar-refractivity contribution is -0.0596. The maximum absolute atomic E-state index is 13.7. The summed E-state index contributed by atoms with van der Waals surface area (Å²) in [5.41, 5.74) is 8.52. The quantitative estimate of drug-likeness (QED) is 0.254. The van der Waals surface area contributed by atoms with Crippen LogP contribution in [0.1, 0.15) is 17.4 Å². The largest absolute Gasteiger partial charge is 0.475 e. The zero-order chi connectivity index (χ0) is 27.2. The van der Waals surface area contributed by atoms with Crippen molar-refractivity contribution in [3.05, 3.63) is 84.4 Å². The topological polar surface area (TPSA) is 142 Å². The number of fused-ring (bicyclic) bond motifs is 1. The van der Waals surface area contributed by atoms with Crippen LogP contribution in [-0.4, -0.2) is 58.7 Å². The van der Waals surface area contributed by atoms with Crippen molar-refractivity contribution in [3.8, 4) is 0 Å². The molecule has 2 aromatic heterocycles. The van der Waals surface area contributed by atoms with E-state index >= 15 is 0 Å². The molecule has 39 heavy (non-hydrogen) atoms. The first-order chi connectivity index (χ1) is 19.0. The number of nitrogen functional groups attached to an aromatic ring is 1. The van der Waals surface area contributed by atoms with E-state index in [2.05, 4.69) is 15.0 Å². The second kappa shape index (κ2) is 12.3. The van der Waals surface area contributed by atoms with Crippen LogP contribution in [0, 0.1) is 0 Å². The van der Waals surface area contributed by atoms with Crippen molar-refractivity contribution in [1.29, 1.82) is 0 Å². The van der Waals surface area contributed by atoms with Crippen molar-refractivity contribution >= 4 is 24.8 Å². The molecular weight excluding hydrogens is 525 g/mol. The number of phosphoric ester groups is 1. The van der Waals surface area contributed by atoms with Crippen LogP contribution in [-0.2, 0) is 45.6 Å². The van der Waals surface area contributed by atoms with Crippen molar-refractivity contribution in [2.75, 3.05) is 26.6 Å². The summed E-state index contributed by atoms with van der Waals surface area (Å²) in [5, 5.41) is 0. The molecule has 1 saturated heterocycles. The summed E-state index contributed by atoms with van der Waals surface area (Å²) in [7, 11) is -0.934. The Kier molecular flexibility index (Phi) is 8.63. The highest BCUT2D eigenvalue weighted by Crippen LogP contribution is 2.52. The number of nitrogens with two attached hydrogens (primary N) is 1. The second-order valence-electron chi connectivity index (χ2n) is 8.81. The van der Waals surface area contributed by atoms with Gasteiger partial charge in [-0.1, -0.05) is 60.7 Å². The van der Waals surface area contributed by atoms with Gasteiger partial charge in [0.2, 0.25) is 0 Å². The van der Waals surface area contributed by atoms with Crippen LogP contribution in [0.15, 0.2) is 73.3 Å². The van der Waals surface area contributed by atoms with Gasteiger partial charge in [-0.2, -0.15) is 0 Å². The minimum Gasteiger partial charge on any atom is -0.382 e. The molecule has 5 rings (SSSR count). The molecule has 4 aromatic rings.